The summed E-state index contributed by atoms with van der Waals surface area (Å²) in [5.41, 5.74) is 3.84. The van der Waals surface area contributed by atoms with Gasteiger partial charge >= 0.3 is 0 Å². The molecule has 2 heterocycles. The zero-order chi connectivity index (χ0) is 19.3. The van der Waals surface area contributed by atoms with Gasteiger partial charge in [-0.1, -0.05) is 44.2 Å². The lowest BCUT2D eigenvalue weighted by Gasteiger charge is -2.40. The third-order valence-corrected chi connectivity index (χ3v) is 5.03. The molecule has 0 unspecified atom stereocenters. The van der Waals surface area contributed by atoms with Crippen LogP contribution in [0.3, 0.4) is 0 Å². The highest BCUT2D eigenvalue weighted by molar-refractivity contribution is 5.94. The molecule has 0 atom stereocenters. The zero-order valence-electron chi connectivity index (χ0n) is 16.3. The number of benzene rings is 2. The first kappa shape index (κ1) is 19.2. The van der Waals surface area contributed by atoms with Crippen molar-refractivity contribution in [1.29, 1.82) is 0 Å². The summed E-state index contributed by atoms with van der Waals surface area (Å²) in [7, 11) is 1.65. The van der Waals surface area contributed by atoms with Gasteiger partial charge in [-0.05, 0) is 48.5 Å². The van der Waals surface area contributed by atoms with Crippen molar-refractivity contribution in [2.45, 2.75) is 32.3 Å². The molecule has 0 radical (unpaired) electrons. The van der Waals surface area contributed by atoms with Crippen LogP contribution in [-0.2, 0) is 0 Å². The smallest absolute Gasteiger partial charge is 0.251 e. The first-order chi connectivity index (χ1) is 13.2. The number of piperidine rings is 1. The van der Waals surface area contributed by atoms with Gasteiger partial charge in [0.05, 0.1) is 0 Å². The van der Waals surface area contributed by atoms with Gasteiger partial charge in [-0.3, -0.25) is 4.79 Å². The Morgan fingerprint density at radius 2 is 1.70 bits per heavy atom. The van der Waals surface area contributed by atoms with E-state index in [0.29, 0.717) is 5.56 Å². The summed E-state index contributed by atoms with van der Waals surface area (Å²) in [5, 5.41) is 6.07. The molecule has 4 nitrogen and oxygen atoms in total. The Morgan fingerprint density at radius 3 is 2.37 bits per heavy atom. The summed E-state index contributed by atoms with van der Waals surface area (Å²) in [6.45, 7) is 5.92. The molecular weight excluding hydrogens is 336 g/mol. The standard InChI is InChI=1S/C21H22N2O2.C2H6/c1-22-20(24)16-8-6-15(7-9-16)18-14-21(10-12-23-13-11-21)25-19-5-3-2-4-17(18)19;1-2/h2-9,14,23H,10-13H2,1H3,(H,22,24);1-2H3. The van der Waals surface area contributed by atoms with Crippen LogP contribution in [0.2, 0.25) is 0 Å². The fraction of sp³-hybridized carbons (Fsp3) is 0.348. The summed E-state index contributed by atoms with van der Waals surface area (Å²) in [6.07, 6.45) is 4.20. The summed E-state index contributed by atoms with van der Waals surface area (Å²) >= 11 is 0. The summed E-state index contributed by atoms with van der Waals surface area (Å²) in [6, 6.07) is 16.0. The number of hydrogen-bond donors (Lipinski definition) is 2. The van der Waals surface area contributed by atoms with Gasteiger partial charge in [-0.25, -0.2) is 0 Å². The van der Waals surface area contributed by atoms with E-state index in [1.54, 1.807) is 7.05 Å². The molecule has 1 saturated heterocycles. The van der Waals surface area contributed by atoms with Crippen LogP contribution in [0.5, 0.6) is 5.75 Å². The molecule has 4 heteroatoms. The van der Waals surface area contributed by atoms with E-state index >= 15 is 0 Å². The molecule has 1 fully saturated rings. The number of para-hydroxylation sites is 1. The highest BCUT2D eigenvalue weighted by Gasteiger charge is 2.36. The minimum absolute atomic E-state index is 0.0669. The Hall–Kier alpha value is -2.59. The van der Waals surface area contributed by atoms with Gasteiger partial charge < -0.3 is 15.4 Å². The Labute approximate surface area is 161 Å². The predicted molar refractivity (Wildman–Crippen MR) is 110 cm³/mol. The lowest BCUT2D eigenvalue weighted by atomic mass is 9.83. The van der Waals surface area contributed by atoms with E-state index in [-0.39, 0.29) is 11.5 Å². The molecule has 27 heavy (non-hydrogen) atoms. The van der Waals surface area contributed by atoms with Gasteiger partial charge in [0.2, 0.25) is 0 Å². The Bertz CT molecular complexity index is 819. The van der Waals surface area contributed by atoms with E-state index in [1.807, 2.05) is 56.3 Å². The number of carbonyl (C=O) groups is 1. The van der Waals surface area contributed by atoms with Crippen LogP contribution in [0.25, 0.3) is 5.57 Å². The second-order valence-corrected chi connectivity index (χ2v) is 6.63. The third kappa shape index (κ3) is 3.91. The highest BCUT2D eigenvalue weighted by Crippen LogP contribution is 2.42. The van der Waals surface area contributed by atoms with Crippen LogP contribution in [0.1, 0.15) is 48.2 Å². The second kappa shape index (κ2) is 8.40. The van der Waals surface area contributed by atoms with E-state index in [1.165, 1.54) is 5.57 Å². The van der Waals surface area contributed by atoms with Crippen molar-refractivity contribution in [2.75, 3.05) is 20.1 Å². The highest BCUT2D eigenvalue weighted by atomic mass is 16.5. The van der Waals surface area contributed by atoms with Gasteiger partial charge in [-0.15, -0.1) is 0 Å². The van der Waals surface area contributed by atoms with Crippen molar-refractivity contribution in [1.82, 2.24) is 10.6 Å². The molecule has 0 bridgehead atoms. The molecule has 2 aromatic carbocycles. The number of rotatable bonds is 2. The third-order valence-electron chi connectivity index (χ3n) is 5.03. The summed E-state index contributed by atoms with van der Waals surface area (Å²) < 4.78 is 6.41. The maximum atomic E-state index is 11.8. The monoisotopic (exact) mass is 364 g/mol. The number of carbonyl (C=O) groups excluding carboxylic acids is 1. The van der Waals surface area contributed by atoms with E-state index in [2.05, 4.69) is 22.8 Å². The van der Waals surface area contributed by atoms with Crippen LogP contribution in [0.4, 0.5) is 0 Å². The van der Waals surface area contributed by atoms with Gasteiger partial charge in [0.25, 0.3) is 5.91 Å². The average molecular weight is 364 g/mol. The minimum Gasteiger partial charge on any atom is -0.482 e. The van der Waals surface area contributed by atoms with Gasteiger partial charge in [-0.2, -0.15) is 0 Å². The normalized spacial score (nSPS) is 16.9. The number of amides is 1. The lowest BCUT2D eigenvalue weighted by molar-refractivity contribution is 0.0817. The molecule has 0 saturated carbocycles. The van der Waals surface area contributed by atoms with Crippen molar-refractivity contribution >= 4 is 11.5 Å². The second-order valence-electron chi connectivity index (χ2n) is 6.63. The molecule has 2 aliphatic heterocycles. The van der Waals surface area contributed by atoms with Crippen molar-refractivity contribution in [3.05, 3.63) is 71.3 Å². The van der Waals surface area contributed by atoms with Crippen molar-refractivity contribution in [2.24, 2.45) is 0 Å². The zero-order valence-corrected chi connectivity index (χ0v) is 16.3. The van der Waals surface area contributed by atoms with Crippen LogP contribution in [0.15, 0.2) is 54.6 Å². The van der Waals surface area contributed by atoms with Crippen molar-refractivity contribution < 1.29 is 9.53 Å². The molecule has 0 aliphatic carbocycles. The summed E-state index contributed by atoms with van der Waals surface area (Å²) in [4.78, 5) is 11.8. The molecule has 1 spiro atoms. The molecular formula is C23H28N2O2. The lowest BCUT2D eigenvalue weighted by Crippen LogP contribution is -2.46. The maximum absolute atomic E-state index is 11.8. The fourth-order valence-electron chi connectivity index (χ4n) is 3.65. The molecule has 1 amide bonds. The van der Waals surface area contributed by atoms with Crippen molar-refractivity contribution in [3.63, 3.8) is 0 Å². The van der Waals surface area contributed by atoms with Crippen LogP contribution >= 0.6 is 0 Å². The van der Waals surface area contributed by atoms with Crippen LogP contribution in [0, 0.1) is 0 Å². The molecule has 2 aliphatic rings. The number of hydrogen-bond acceptors (Lipinski definition) is 3. The minimum atomic E-state index is -0.242. The van der Waals surface area contributed by atoms with Gasteiger partial charge in [0.1, 0.15) is 11.4 Å². The van der Waals surface area contributed by atoms with E-state index in [9.17, 15) is 4.79 Å². The van der Waals surface area contributed by atoms with E-state index in [4.69, 9.17) is 4.74 Å². The van der Waals surface area contributed by atoms with Gasteiger partial charge in [0.15, 0.2) is 0 Å². The maximum Gasteiger partial charge on any atom is 0.251 e. The first-order valence-electron chi connectivity index (χ1n) is 9.75. The largest absolute Gasteiger partial charge is 0.482 e. The molecule has 2 aromatic rings. The number of fused-ring (bicyclic) bond motifs is 1. The fourth-order valence-corrected chi connectivity index (χ4v) is 3.65. The predicted octanol–water partition coefficient (Wildman–Crippen LogP) is 4.02. The van der Waals surface area contributed by atoms with Gasteiger partial charge in [0, 0.05) is 31.0 Å². The van der Waals surface area contributed by atoms with Crippen molar-refractivity contribution in [3.8, 4) is 5.75 Å². The topological polar surface area (TPSA) is 50.4 Å². The SMILES string of the molecule is CC.CNC(=O)c1ccc(C2=CC3(CCNCC3)Oc3ccccc32)cc1. The Balaban J connectivity index is 0.00000102. The molecule has 2 N–H and O–H groups in total. The number of nitrogens with one attached hydrogen (secondary N) is 2. The van der Waals surface area contributed by atoms with Crippen LogP contribution in [-0.4, -0.2) is 31.6 Å². The molecule has 142 valence electrons. The Morgan fingerprint density at radius 1 is 1.04 bits per heavy atom. The Kier molecular flexibility index (Phi) is 5.97. The average Bonchev–Trinajstić information content (AvgIpc) is 2.75. The van der Waals surface area contributed by atoms with Crippen LogP contribution < -0.4 is 15.4 Å². The van der Waals surface area contributed by atoms with E-state index < -0.39 is 0 Å². The summed E-state index contributed by atoms with van der Waals surface area (Å²) in [5.74, 6) is 0.875. The quantitative estimate of drug-likeness (QED) is 0.846. The van der Waals surface area contributed by atoms with E-state index in [0.717, 1.165) is 42.8 Å². The molecule has 0 aromatic heterocycles. The molecule has 4 rings (SSSR count). The first-order valence-corrected chi connectivity index (χ1v) is 9.75. The number of ether oxygens (including phenoxy) is 1.